The van der Waals surface area contributed by atoms with Crippen LogP contribution in [0.1, 0.15) is 27.2 Å². The molecule has 2 N–H and O–H groups in total. The number of sulfonamides is 1. The summed E-state index contributed by atoms with van der Waals surface area (Å²) in [5.74, 6) is -0.106. The van der Waals surface area contributed by atoms with Gasteiger partial charge < -0.3 is 14.6 Å². The van der Waals surface area contributed by atoms with Gasteiger partial charge in [-0.2, -0.15) is 0 Å². The summed E-state index contributed by atoms with van der Waals surface area (Å²) >= 11 is 0. The van der Waals surface area contributed by atoms with E-state index >= 15 is 0 Å². The lowest BCUT2D eigenvalue weighted by Crippen LogP contribution is -2.42. The largest absolute Gasteiger partial charge is 0.389 e. The molecule has 0 aromatic rings. The normalized spacial score (nSPS) is 15.9. The number of hydrogen-bond acceptors (Lipinski definition) is 5. The number of aliphatic hydroxyl groups is 1. The third-order valence-corrected chi connectivity index (χ3v) is 3.61. The SMILES string of the molecule is COCCC(C)(O)CNS(=O)(=O)CCOC(C)C. The number of hydrogen-bond donors (Lipinski definition) is 2. The monoisotopic (exact) mass is 283 g/mol. The van der Waals surface area contributed by atoms with E-state index < -0.39 is 15.6 Å². The van der Waals surface area contributed by atoms with Crippen LogP contribution >= 0.6 is 0 Å². The van der Waals surface area contributed by atoms with Crippen LogP contribution in [-0.4, -0.2) is 57.9 Å². The van der Waals surface area contributed by atoms with Gasteiger partial charge in [0.2, 0.25) is 10.0 Å². The van der Waals surface area contributed by atoms with Crippen LogP contribution in [0.5, 0.6) is 0 Å². The molecular formula is C11H25NO5S. The molecule has 18 heavy (non-hydrogen) atoms. The molecular weight excluding hydrogens is 258 g/mol. The van der Waals surface area contributed by atoms with Gasteiger partial charge in [0, 0.05) is 26.7 Å². The first-order valence-corrected chi connectivity index (χ1v) is 7.64. The Kier molecular flexibility index (Phi) is 7.97. The van der Waals surface area contributed by atoms with Crippen molar-refractivity contribution in [1.29, 1.82) is 0 Å². The molecule has 0 radical (unpaired) electrons. The van der Waals surface area contributed by atoms with Crippen molar-refractivity contribution in [3.63, 3.8) is 0 Å². The smallest absolute Gasteiger partial charge is 0.213 e. The molecule has 0 rings (SSSR count). The van der Waals surface area contributed by atoms with E-state index in [1.54, 1.807) is 6.92 Å². The molecule has 0 aromatic carbocycles. The van der Waals surface area contributed by atoms with E-state index in [0.29, 0.717) is 13.0 Å². The van der Waals surface area contributed by atoms with Crippen molar-refractivity contribution in [1.82, 2.24) is 4.72 Å². The fourth-order valence-electron chi connectivity index (χ4n) is 1.14. The second kappa shape index (κ2) is 8.06. The summed E-state index contributed by atoms with van der Waals surface area (Å²) in [6.07, 6.45) is 0.374. The quantitative estimate of drug-likeness (QED) is 0.595. The minimum atomic E-state index is -3.41. The van der Waals surface area contributed by atoms with Gasteiger partial charge in [-0.05, 0) is 20.8 Å². The number of ether oxygens (including phenoxy) is 2. The van der Waals surface area contributed by atoms with Gasteiger partial charge in [-0.3, -0.25) is 0 Å². The molecule has 0 spiro atoms. The highest BCUT2D eigenvalue weighted by molar-refractivity contribution is 7.89. The number of rotatable bonds is 10. The maximum atomic E-state index is 11.6. The minimum absolute atomic E-state index is 0.00464. The lowest BCUT2D eigenvalue weighted by Gasteiger charge is -2.23. The zero-order chi connectivity index (χ0) is 14.2. The van der Waals surface area contributed by atoms with Crippen molar-refractivity contribution in [2.75, 3.05) is 32.6 Å². The van der Waals surface area contributed by atoms with Crippen molar-refractivity contribution >= 4 is 10.0 Å². The molecule has 7 heteroatoms. The van der Waals surface area contributed by atoms with Gasteiger partial charge in [-0.25, -0.2) is 13.1 Å². The molecule has 0 amide bonds. The average Bonchev–Trinajstić information content (AvgIpc) is 2.23. The average molecular weight is 283 g/mol. The van der Waals surface area contributed by atoms with E-state index in [1.165, 1.54) is 7.11 Å². The molecule has 0 aromatic heterocycles. The Morgan fingerprint density at radius 1 is 1.33 bits per heavy atom. The summed E-state index contributed by atoms with van der Waals surface area (Å²) in [7, 11) is -1.88. The second-order valence-electron chi connectivity index (χ2n) is 4.80. The van der Waals surface area contributed by atoms with Crippen molar-refractivity contribution in [3.05, 3.63) is 0 Å². The van der Waals surface area contributed by atoms with Crippen LogP contribution in [0.25, 0.3) is 0 Å². The Hall–Kier alpha value is -0.210. The molecule has 110 valence electrons. The number of nitrogens with one attached hydrogen (secondary N) is 1. The zero-order valence-electron chi connectivity index (χ0n) is 11.6. The fourth-order valence-corrected chi connectivity index (χ4v) is 2.13. The third-order valence-electron chi connectivity index (χ3n) is 2.32. The van der Waals surface area contributed by atoms with Crippen LogP contribution in [-0.2, 0) is 19.5 Å². The first kappa shape index (κ1) is 17.8. The van der Waals surface area contributed by atoms with E-state index in [4.69, 9.17) is 9.47 Å². The molecule has 0 bridgehead atoms. The third kappa shape index (κ3) is 9.78. The maximum Gasteiger partial charge on any atom is 0.213 e. The van der Waals surface area contributed by atoms with Gasteiger partial charge in [-0.1, -0.05) is 0 Å². The summed E-state index contributed by atoms with van der Waals surface area (Å²) in [6, 6.07) is 0. The standard InChI is InChI=1S/C11H25NO5S/c1-10(2)17-7-8-18(14,15)12-9-11(3,13)5-6-16-4/h10,12-13H,5-9H2,1-4H3. The van der Waals surface area contributed by atoms with Gasteiger partial charge in [0.05, 0.1) is 24.1 Å². The van der Waals surface area contributed by atoms with E-state index in [0.717, 1.165) is 0 Å². The highest BCUT2D eigenvalue weighted by Crippen LogP contribution is 2.08. The zero-order valence-corrected chi connectivity index (χ0v) is 12.4. The van der Waals surface area contributed by atoms with Gasteiger partial charge in [-0.15, -0.1) is 0 Å². The first-order valence-electron chi connectivity index (χ1n) is 5.99. The first-order chi connectivity index (χ1) is 8.18. The van der Waals surface area contributed by atoms with Crippen LogP contribution in [0.3, 0.4) is 0 Å². The van der Waals surface area contributed by atoms with E-state index in [1.807, 2.05) is 13.8 Å². The predicted octanol–water partition coefficient (Wildman–Crippen LogP) is 0.118. The van der Waals surface area contributed by atoms with Gasteiger partial charge in [0.15, 0.2) is 0 Å². The Balaban J connectivity index is 4.02. The Morgan fingerprint density at radius 2 is 1.94 bits per heavy atom. The molecule has 0 aliphatic heterocycles. The lowest BCUT2D eigenvalue weighted by molar-refractivity contribution is 0.0291. The molecule has 1 atom stereocenters. The second-order valence-corrected chi connectivity index (χ2v) is 6.73. The van der Waals surface area contributed by atoms with Crippen molar-refractivity contribution in [2.24, 2.45) is 0 Å². The number of methoxy groups -OCH3 is 1. The Morgan fingerprint density at radius 3 is 2.44 bits per heavy atom. The molecule has 1 unspecified atom stereocenters. The molecule has 0 fully saturated rings. The van der Waals surface area contributed by atoms with Crippen LogP contribution in [0.15, 0.2) is 0 Å². The molecule has 0 saturated heterocycles. The van der Waals surface area contributed by atoms with Gasteiger partial charge in [0.25, 0.3) is 0 Å². The van der Waals surface area contributed by atoms with Crippen molar-refractivity contribution in [3.8, 4) is 0 Å². The van der Waals surface area contributed by atoms with Crippen molar-refractivity contribution < 1.29 is 23.0 Å². The lowest BCUT2D eigenvalue weighted by atomic mass is 10.0. The van der Waals surface area contributed by atoms with E-state index in [-0.39, 0.29) is 25.0 Å². The van der Waals surface area contributed by atoms with E-state index in [2.05, 4.69) is 4.72 Å². The summed E-state index contributed by atoms with van der Waals surface area (Å²) in [5, 5.41) is 9.88. The minimum Gasteiger partial charge on any atom is -0.389 e. The highest BCUT2D eigenvalue weighted by atomic mass is 32.2. The summed E-state index contributed by atoms with van der Waals surface area (Å²) in [6.45, 7) is 5.75. The predicted molar refractivity (Wildman–Crippen MR) is 70.0 cm³/mol. The van der Waals surface area contributed by atoms with Crippen LogP contribution < -0.4 is 4.72 Å². The molecule has 0 aliphatic carbocycles. The van der Waals surface area contributed by atoms with Gasteiger partial charge in [0.1, 0.15) is 0 Å². The highest BCUT2D eigenvalue weighted by Gasteiger charge is 2.22. The molecule has 0 aliphatic rings. The molecule has 0 heterocycles. The maximum absolute atomic E-state index is 11.6. The Bertz CT molecular complexity index is 313. The molecule has 0 saturated carbocycles. The summed E-state index contributed by atoms with van der Waals surface area (Å²) < 4.78 is 35.6. The summed E-state index contributed by atoms with van der Waals surface area (Å²) in [4.78, 5) is 0. The fraction of sp³-hybridized carbons (Fsp3) is 1.00. The van der Waals surface area contributed by atoms with Crippen LogP contribution in [0.4, 0.5) is 0 Å². The van der Waals surface area contributed by atoms with E-state index in [9.17, 15) is 13.5 Å². The topological polar surface area (TPSA) is 84.9 Å². The van der Waals surface area contributed by atoms with Gasteiger partial charge >= 0.3 is 0 Å². The molecule has 6 nitrogen and oxygen atoms in total. The Labute approximate surface area is 110 Å². The summed E-state index contributed by atoms with van der Waals surface area (Å²) in [5.41, 5.74) is -1.11. The van der Waals surface area contributed by atoms with Crippen LogP contribution in [0, 0.1) is 0 Å². The van der Waals surface area contributed by atoms with Crippen LogP contribution in [0.2, 0.25) is 0 Å². The van der Waals surface area contributed by atoms with Crippen molar-refractivity contribution in [2.45, 2.75) is 38.9 Å².